The van der Waals surface area contributed by atoms with Crippen molar-refractivity contribution in [1.29, 1.82) is 0 Å². The third kappa shape index (κ3) is 2.27. The van der Waals surface area contributed by atoms with Gasteiger partial charge in [0.15, 0.2) is 5.69 Å². The van der Waals surface area contributed by atoms with Gasteiger partial charge in [-0.3, -0.25) is 9.89 Å². The topological polar surface area (TPSA) is 57.8 Å². The van der Waals surface area contributed by atoms with E-state index >= 15 is 0 Å². The summed E-state index contributed by atoms with van der Waals surface area (Å²) in [5, 5.41) is 10.7. The number of amides is 1. The standard InChI is InChI=1S/C20H23N3O/c24-20(21-11-12-4-2-1-3-5-12)19-17-15-7-13-6-14(8-15)10-16(9-13)18(17)22-23-19/h1-5,13-16H,6-11H2,(H,21,24)(H,22,23). The first kappa shape index (κ1) is 14.3. The Balaban J connectivity index is 1.41. The number of nitrogens with zero attached hydrogens (tertiary/aromatic N) is 1. The molecule has 0 aliphatic heterocycles. The molecule has 1 amide bonds. The maximum atomic E-state index is 12.8. The maximum absolute atomic E-state index is 12.8. The van der Waals surface area contributed by atoms with Crippen molar-refractivity contribution in [3.63, 3.8) is 0 Å². The molecule has 2 atom stereocenters. The first-order chi connectivity index (χ1) is 11.8. The van der Waals surface area contributed by atoms with Gasteiger partial charge in [-0.2, -0.15) is 5.10 Å². The Hall–Kier alpha value is -2.10. The number of aromatic nitrogens is 2. The lowest BCUT2D eigenvalue weighted by Gasteiger charge is -2.38. The molecule has 2 fully saturated rings. The molecule has 4 aliphatic carbocycles. The maximum Gasteiger partial charge on any atom is 0.272 e. The summed E-state index contributed by atoms with van der Waals surface area (Å²) >= 11 is 0. The molecule has 4 bridgehead atoms. The van der Waals surface area contributed by atoms with Crippen molar-refractivity contribution in [2.75, 3.05) is 0 Å². The summed E-state index contributed by atoms with van der Waals surface area (Å²) in [5.41, 5.74) is 4.29. The van der Waals surface area contributed by atoms with Crippen molar-refractivity contribution in [2.24, 2.45) is 11.8 Å². The van der Waals surface area contributed by atoms with Crippen LogP contribution in [0.2, 0.25) is 0 Å². The SMILES string of the molecule is O=C(NCc1ccccc1)c1n[nH]c2c1C1CC3CC(CC2C3)C1. The number of H-pyrrole nitrogens is 1. The number of hydrogen-bond donors (Lipinski definition) is 2. The molecular formula is C20H23N3O. The zero-order chi connectivity index (χ0) is 16.1. The molecule has 4 heteroatoms. The Bertz CT molecular complexity index is 752. The smallest absolute Gasteiger partial charge is 0.272 e. The molecule has 1 aromatic carbocycles. The first-order valence-corrected chi connectivity index (χ1v) is 9.18. The quantitative estimate of drug-likeness (QED) is 0.905. The van der Waals surface area contributed by atoms with E-state index in [1.165, 1.54) is 43.4 Å². The van der Waals surface area contributed by atoms with Crippen LogP contribution in [0, 0.1) is 11.8 Å². The van der Waals surface area contributed by atoms with Crippen LogP contribution < -0.4 is 5.32 Å². The molecule has 4 aliphatic rings. The van der Waals surface area contributed by atoms with Gasteiger partial charge in [0.25, 0.3) is 5.91 Å². The highest BCUT2D eigenvalue weighted by Crippen LogP contribution is 2.56. The van der Waals surface area contributed by atoms with Crippen LogP contribution in [0.25, 0.3) is 0 Å². The van der Waals surface area contributed by atoms with Gasteiger partial charge in [0.05, 0.1) is 0 Å². The van der Waals surface area contributed by atoms with Crippen molar-refractivity contribution in [3.8, 4) is 0 Å². The summed E-state index contributed by atoms with van der Waals surface area (Å²) in [4.78, 5) is 12.8. The number of aromatic amines is 1. The number of benzene rings is 1. The van der Waals surface area contributed by atoms with E-state index < -0.39 is 0 Å². The van der Waals surface area contributed by atoms with Crippen LogP contribution in [0.4, 0.5) is 0 Å². The summed E-state index contributed by atoms with van der Waals surface area (Å²) in [6.07, 6.45) is 6.47. The highest BCUT2D eigenvalue weighted by molar-refractivity contribution is 5.94. The molecule has 24 heavy (non-hydrogen) atoms. The minimum absolute atomic E-state index is 0.0300. The number of nitrogens with one attached hydrogen (secondary N) is 2. The van der Waals surface area contributed by atoms with E-state index in [-0.39, 0.29) is 5.91 Å². The fourth-order valence-corrected chi connectivity index (χ4v) is 5.45. The second-order valence-electron chi connectivity index (χ2n) is 7.87. The fraction of sp³-hybridized carbons (Fsp3) is 0.500. The highest BCUT2D eigenvalue weighted by atomic mass is 16.1. The van der Waals surface area contributed by atoms with Crippen molar-refractivity contribution >= 4 is 5.91 Å². The number of carbonyl (C=O) groups is 1. The van der Waals surface area contributed by atoms with Crippen LogP contribution in [-0.2, 0) is 6.54 Å². The third-order valence-corrected chi connectivity index (χ3v) is 6.30. The van der Waals surface area contributed by atoms with Crippen LogP contribution in [0.1, 0.15) is 71.2 Å². The minimum Gasteiger partial charge on any atom is -0.347 e. The Kier molecular flexibility index (Phi) is 3.25. The molecule has 1 aromatic heterocycles. The van der Waals surface area contributed by atoms with Crippen LogP contribution in [-0.4, -0.2) is 16.1 Å². The second-order valence-corrected chi connectivity index (χ2v) is 7.87. The Morgan fingerprint density at radius 2 is 1.75 bits per heavy atom. The lowest BCUT2D eigenvalue weighted by molar-refractivity contribution is 0.0942. The van der Waals surface area contributed by atoms with E-state index in [0.29, 0.717) is 24.1 Å². The number of rotatable bonds is 3. The lowest BCUT2D eigenvalue weighted by atomic mass is 9.67. The molecule has 2 unspecified atom stereocenters. The monoisotopic (exact) mass is 321 g/mol. The lowest BCUT2D eigenvalue weighted by Crippen LogP contribution is -2.27. The van der Waals surface area contributed by atoms with Crippen molar-refractivity contribution < 1.29 is 4.79 Å². The minimum atomic E-state index is -0.0300. The zero-order valence-corrected chi connectivity index (χ0v) is 13.8. The molecule has 2 saturated carbocycles. The van der Waals surface area contributed by atoms with Crippen LogP contribution in [0.3, 0.4) is 0 Å². The van der Waals surface area contributed by atoms with Gasteiger partial charge in [0, 0.05) is 23.7 Å². The van der Waals surface area contributed by atoms with Crippen molar-refractivity contribution in [1.82, 2.24) is 15.5 Å². The fourth-order valence-electron chi connectivity index (χ4n) is 5.45. The average molecular weight is 321 g/mol. The zero-order valence-electron chi connectivity index (χ0n) is 13.8. The van der Waals surface area contributed by atoms with E-state index in [9.17, 15) is 4.79 Å². The van der Waals surface area contributed by atoms with Gasteiger partial charge in [0.2, 0.25) is 0 Å². The Morgan fingerprint density at radius 1 is 1.04 bits per heavy atom. The normalized spacial score (nSPS) is 30.0. The summed E-state index contributed by atoms with van der Waals surface area (Å²) in [7, 11) is 0. The highest BCUT2D eigenvalue weighted by Gasteiger charge is 2.44. The van der Waals surface area contributed by atoms with Crippen LogP contribution >= 0.6 is 0 Å². The molecule has 6 rings (SSSR count). The van der Waals surface area contributed by atoms with Crippen molar-refractivity contribution in [3.05, 3.63) is 52.8 Å². The predicted octanol–water partition coefficient (Wildman–Crippen LogP) is 3.73. The molecule has 1 heterocycles. The van der Waals surface area contributed by atoms with E-state index in [1.54, 1.807) is 0 Å². The van der Waals surface area contributed by atoms with Crippen LogP contribution in [0.5, 0.6) is 0 Å². The molecule has 0 radical (unpaired) electrons. The third-order valence-electron chi connectivity index (χ3n) is 6.30. The van der Waals surface area contributed by atoms with E-state index in [1.807, 2.05) is 30.3 Å². The molecule has 2 N–H and O–H groups in total. The summed E-state index contributed by atoms with van der Waals surface area (Å²) in [5.74, 6) is 2.81. The van der Waals surface area contributed by atoms with Gasteiger partial charge in [-0.15, -0.1) is 0 Å². The Labute approximate surface area is 142 Å². The largest absolute Gasteiger partial charge is 0.347 e. The second kappa shape index (κ2) is 5.47. The number of hydrogen-bond acceptors (Lipinski definition) is 2. The van der Waals surface area contributed by atoms with Gasteiger partial charge < -0.3 is 5.32 Å². The molecule has 124 valence electrons. The molecule has 0 spiro atoms. The van der Waals surface area contributed by atoms with E-state index in [0.717, 1.165) is 17.4 Å². The summed E-state index contributed by atoms with van der Waals surface area (Å²) in [6, 6.07) is 10.1. The molecule has 4 nitrogen and oxygen atoms in total. The van der Waals surface area contributed by atoms with Crippen LogP contribution in [0.15, 0.2) is 30.3 Å². The first-order valence-electron chi connectivity index (χ1n) is 9.18. The molecular weight excluding hydrogens is 298 g/mol. The van der Waals surface area contributed by atoms with Gasteiger partial charge in [-0.25, -0.2) is 0 Å². The predicted molar refractivity (Wildman–Crippen MR) is 91.7 cm³/mol. The Morgan fingerprint density at radius 3 is 2.50 bits per heavy atom. The van der Waals surface area contributed by atoms with Gasteiger partial charge in [-0.1, -0.05) is 30.3 Å². The number of carbonyl (C=O) groups excluding carboxylic acids is 1. The summed E-state index contributed by atoms with van der Waals surface area (Å²) < 4.78 is 0. The van der Waals surface area contributed by atoms with Gasteiger partial charge >= 0.3 is 0 Å². The van der Waals surface area contributed by atoms with E-state index in [2.05, 4.69) is 15.5 Å². The van der Waals surface area contributed by atoms with Crippen molar-refractivity contribution in [2.45, 2.75) is 50.5 Å². The summed E-state index contributed by atoms with van der Waals surface area (Å²) in [6.45, 7) is 0.556. The average Bonchev–Trinajstić information content (AvgIpc) is 2.98. The van der Waals surface area contributed by atoms with E-state index in [4.69, 9.17) is 0 Å². The van der Waals surface area contributed by atoms with Gasteiger partial charge in [-0.05, 0) is 55.4 Å². The molecule has 2 aromatic rings. The molecule has 0 saturated heterocycles. The van der Waals surface area contributed by atoms with Gasteiger partial charge in [0.1, 0.15) is 0 Å².